The average Bonchev–Trinajstić information content (AvgIpc) is 3.44. The van der Waals surface area contributed by atoms with Crippen molar-refractivity contribution in [1.29, 1.82) is 0 Å². The third-order valence-electron chi connectivity index (χ3n) is 5.02. The van der Waals surface area contributed by atoms with Gasteiger partial charge in [0.25, 0.3) is 5.91 Å². The minimum Gasteiger partial charge on any atom is -0.503 e. The maximum atomic E-state index is 13.1. The van der Waals surface area contributed by atoms with Crippen molar-refractivity contribution < 1.29 is 19.1 Å². The summed E-state index contributed by atoms with van der Waals surface area (Å²) in [6.45, 7) is 2.12. The van der Waals surface area contributed by atoms with Crippen LogP contribution >= 0.6 is 11.3 Å². The summed E-state index contributed by atoms with van der Waals surface area (Å²) < 4.78 is 5.77. The molecule has 1 atom stereocenters. The number of rotatable bonds is 7. The summed E-state index contributed by atoms with van der Waals surface area (Å²) in [6.07, 6.45) is 0.749. The van der Waals surface area contributed by atoms with Crippen molar-refractivity contribution in [3.63, 3.8) is 0 Å². The summed E-state index contributed by atoms with van der Waals surface area (Å²) in [5.74, 6) is -0.0860. The normalized spacial score (nSPS) is 16.7. The van der Waals surface area contributed by atoms with Crippen LogP contribution in [0, 0.1) is 6.92 Å². The summed E-state index contributed by atoms with van der Waals surface area (Å²) in [6, 6.07) is 16.4. The molecule has 148 valence electrons. The number of hydrogen-bond acceptors (Lipinski definition) is 5. The molecule has 4 rings (SSSR count). The lowest BCUT2D eigenvalue weighted by molar-refractivity contribution is -0.130. The monoisotopic (exact) mass is 407 g/mol. The number of Topliss-reactive ketones (excluding diaryl/α,β-unsaturated/α-hetero) is 1. The lowest BCUT2D eigenvalue weighted by Crippen LogP contribution is -2.30. The predicted octanol–water partition coefficient (Wildman–Crippen LogP) is 4.75. The molecule has 6 heteroatoms. The maximum absolute atomic E-state index is 13.1. The SMILES string of the molecule is Cc1ccc(C2C(C(=O)CCc3ccccc3)=C(O)C(=O)N2Cc2cccs2)o1. The fourth-order valence-electron chi connectivity index (χ4n) is 3.61. The van der Waals surface area contributed by atoms with Crippen LogP contribution in [0.25, 0.3) is 0 Å². The Bertz CT molecular complexity index is 1050. The van der Waals surface area contributed by atoms with Gasteiger partial charge in [0.1, 0.15) is 17.6 Å². The smallest absolute Gasteiger partial charge is 0.290 e. The topological polar surface area (TPSA) is 70.8 Å². The highest BCUT2D eigenvalue weighted by Crippen LogP contribution is 2.40. The zero-order valence-corrected chi connectivity index (χ0v) is 16.8. The molecule has 1 aliphatic rings. The molecule has 0 radical (unpaired) electrons. The third-order valence-corrected chi connectivity index (χ3v) is 5.89. The number of thiophene rings is 1. The summed E-state index contributed by atoms with van der Waals surface area (Å²) in [4.78, 5) is 28.4. The van der Waals surface area contributed by atoms with Crippen LogP contribution in [-0.4, -0.2) is 21.7 Å². The van der Waals surface area contributed by atoms with Crippen molar-refractivity contribution in [2.45, 2.75) is 32.4 Å². The summed E-state index contributed by atoms with van der Waals surface area (Å²) >= 11 is 1.52. The molecule has 1 aromatic carbocycles. The Hall–Kier alpha value is -3.12. The molecule has 0 saturated heterocycles. The number of amides is 1. The lowest BCUT2D eigenvalue weighted by Gasteiger charge is -2.24. The third kappa shape index (κ3) is 3.89. The number of aliphatic hydroxyl groups excluding tert-OH is 1. The number of ketones is 1. The molecule has 0 saturated carbocycles. The van der Waals surface area contributed by atoms with E-state index in [4.69, 9.17) is 4.42 Å². The van der Waals surface area contributed by atoms with Crippen LogP contribution in [0.15, 0.2) is 75.7 Å². The minimum atomic E-state index is -0.721. The maximum Gasteiger partial charge on any atom is 0.290 e. The molecule has 1 N–H and O–H groups in total. The van der Waals surface area contributed by atoms with Gasteiger partial charge in [0.15, 0.2) is 11.5 Å². The van der Waals surface area contributed by atoms with E-state index in [1.54, 1.807) is 12.1 Å². The summed E-state index contributed by atoms with van der Waals surface area (Å²) in [5, 5.41) is 12.5. The number of aryl methyl sites for hydroxylation is 2. The molecule has 1 amide bonds. The molecular weight excluding hydrogens is 386 g/mol. The Balaban J connectivity index is 1.64. The minimum absolute atomic E-state index is 0.122. The molecule has 3 heterocycles. The van der Waals surface area contributed by atoms with Crippen LogP contribution in [0.4, 0.5) is 0 Å². The fourth-order valence-corrected chi connectivity index (χ4v) is 4.31. The van der Waals surface area contributed by atoms with E-state index in [1.165, 1.54) is 16.2 Å². The van der Waals surface area contributed by atoms with Crippen LogP contribution in [0.5, 0.6) is 0 Å². The van der Waals surface area contributed by atoms with Gasteiger partial charge in [-0.2, -0.15) is 0 Å². The Morgan fingerprint density at radius 2 is 1.93 bits per heavy atom. The van der Waals surface area contributed by atoms with Crippen molar-refractivity contribution >= 4 is 23.0 Å². The quantitative estimate of drug-likeness (QED) is 0.614. The van der Waals surface area contributed by atoms with Crippen molar-refractivity contribution in [3.05, 3.63) is 93.3 Å². The summed E-state index contributed by atoms with van der Waals surface area (Å²) in [5.41, 5.74) is 1.16. The highest BCUT2D eigenvalue weighted by molar-refractivity contribution is 7.09. The van der Waals surface area contributed by atoms with Crippen LogP contribution in [0.3, 0.4) is 0 Å². The van der Waals surface area contributed by atoms with Crippen molar-refractivity contribution in [2.24, 2.45) is 0 Å². The number of hydrogen-bond donors (Lipinski definition) is 1. The van der Waals surface area contributed by atoms with Gasteiger partial charge in [-0.1, -0.05) is 36.4 Å². The van der Waals surface area contributed by atoms with Gasteiger partial charge in [-0.25, -0.2) is 0 Å². The number of aliphatic hydroxyl groups is 1. The average molecular weight is 407 g/mol. The van der Waals surface area contributed by atoms with Crippen molar-refractivity contribution in [3.8, 4) is 0 Å². The van der Waals surface area contributed by atoms with Gasteiger partial charge in [0, 0.05) is 11.3 Å². The Morgan fingerprint density at radius 1 is 1.14 bits per heavy atom. The molecular formula is C23H21NO4S. The molecule has 0 aliphatic carbocycles. The first-order chi connectivity index (χ1) is 14.0. The van der Waals surface area contributed by atoms with E-state index in [0.717, 1.165) is 10.4 Å². The fraction of sp³-hybridized carbons (Fsp3) is 0.217. The second-order valence-electron chi connectivity index (χ2n) is 7.03. The van der Waals surface area contributed by atoms with E-state index in [0.29, 0.717) is 24.5 Å². The van der Waals surface area contributed by atoms with E-state index in [2.05, 4.69) is 0 Å². The number of furan rings is 1. The highest BCUT2D eigenvalue weighted by atomic mass is 32.1. The highest BCUT2D eigenvalue weighted by Gasteiger charge is 2.44. The number of carbonyl (C=O) groups is 2. The van der Waals surface area contributed by atoms with Crippen molar-refractivity contribution in [2.75, 3.05) is 0 Å². The van der Waals surface area contributed by atoms with Crippen LogP contribution in [0.2, 0.25) is 0 Å². The molecule has 2 aromatic heterocycles. The Kier molecular flexibility index (Phi) is 5.36. The first kappa shape index (κ1) is 19.2. The molecule has 1 unspecified atom stereocenters. The van der Waals surface area contributed by atoms with Gasteiger partial charge >= 0.3 is 0 Å². The Labute approximate surface area is 172 Å². The molecule has 3 aromatic rings. The first-order valence-corrected chi connectivity index (χ1v) is 10.3. The molecule has 0 bridgehead atoms. The van der Waals surface area contributed by atoms with E-state index in [-0.39, 0.29) is 17.8 Å². The number of carbonyl (C=O) groups excluding carboxylic acids is 2. The van der Waals surface area contributed by atoms with Gasteiger partial charge in [0.2, 0.25) is 0 Å². The Morgan fingerprint density at radius 3 is 2.59 bits per heavy atom. The standard InChI is InChI=1S/C23H21NO4S/c1-15-9-12-19(28-15)21-20(18(25)11-10-16-6-3-2-4-7-16)22(26)23(27)24(21)14-17-8-5-13-29-17/h2-9,12-13,21,26H,10-11,14H2,1H3. The zero-order valence-electron chi connectivity index (χ0n) is 16.0. The van der Waals surface area contributed by atoms with Gasteiger partial charge in [-0.05, 0) is 42.5 Å². The van der Waals surface area contributed by atoms with E-state index in [9.17, 15) is 14.7 Å². The van der Waals surface area contributed by atoms with Crippen LogP contribution in [0.1, 0.15) is 34.4 Å². The molecule has 5 nitrogen and oxygen atoms in total. The van der Waals surface area contributed by atoms with Crippen molar-refractivity contribution in [1.82, 2.24) is 4.90 Å². The van der Waals surface area contributed by atoms with E-state index in [1.807, 2.05) is 54.8 Å². The number of benzene rings is 1. The van der Waals surface area contributed by atoms with Gasteiger partial charge < -0.3 is 14.4 Å². The number of nitrogens with zero attached hydrogens (tertiary/aromatic N) is 1. The first-order valence-electron chi connectivity index (χ1n) is 9.44. The van der Waals surface area contributed by atoms with E-state index >= 15 is 0 Å². The second kappa shape index (κ2) is 8.09. The molecule has 0 fully saturated rings. The van der Waals surface area contributed by atoms with Crippen LogP contribution < -0.4 is 0 Å². The summed E-state index contributed by atoms with van der Waals surface area (Å²) in [7, 11) is 0. The van der Waals surface area contributed by atoms with Crippen LogP contribution in [-0.2, 0) is 22.6 Å². The largest absolute Gasteiger partial charge is 0.503 e. The van der Waals surface area contributed by atoms with Gasteiger partial charge in [-0.15, -0.1) is 11.3 Å². The van der Waals surface area contributed by atoms with Gasteiger partial charge in [0.05, 0.1) is 12.1 Å². The predicted molar refractivity (Wildman–Crippen MR) is 110 cm³/mol. The van der Waals surface area contributed by atoms with Gasteiger partial charge in [-0.3, -0.25) is 9.59 Å². The zero-order chi connectivity index (χ0) is 20.4. The molecule has 1 aliphatic heterocycles. The molecule has 0 spiro atoms. The van der Waals surface area contributed by atoms with E-state index < -0.39 is 17.7 Å². The lowest BCUT2D eigenvalue weighted by atomic mass is 9.96. The molecule has 29 heavy (non-hydrogen) atoms. The second-order valence-corrected chi connectivity index (χ2v) is 8.07.